The van der Waals surface area contributed by atoms with Crippen LogP contribution in [0.15, 0.2) is 4.90 Å². The minimum absolute atomic E-state index is 0.278. The van der Waals surface area contributed by atoms with E-state index in [4.69, 9.17) is 0 Å². The number of nitrogens with one attached hydrogen (secondary N) is 2. The summed E-state index contributed by atoms with van der Waals surface area (Å²) >= 11 is 0. The fraction of sp³-hybridized carbons (Fsp3) is 0.769. The van der Waals surface area contributed by atoms with Crippen LogP contribution in [0.1, 0.15) is 45.0 Å². The number of sulfonamides is 1. The molecule has 2 N–H and O–H groups in total. The second kappa shape index (κ2) is 7.19. The van der Waals surface area contributed by atoms with Gasteiger partial charge in [-0.1, -0.05) is 27.2 Å². The van der Waals surface area contributed by atoms with Crippen LogP contribution in [-0.2, 0) is 16.6 Å². The van der Waals surface area contributed by atoms with Gasteiger partial charge in [0.2, 0.25) is 10.0 Å². The first-order chi connectivity index (χ1) is 9.30. The van der Waals surface area contributed by atoms with E-state index in [-0.39, 0.29) is 6.04 Å². The third-order valence-corrected chi connectivity index (χ3v) is 5.19. The van der Waals surface area contributed by atoms with Crippen LogP contribution in [0.4, 0.5) is 0 Å². The minimum atomic E-state index is -3.48. The average molecular weight is 302 g/mol. The van der Waals surface area contributed by atoms with Gasteiger partial charge < -0.3 is 5.32 Å². The summed E-state index contributed by atoms with van der Waals surface area (Å²) in [7, 11) is -1.86. The van der Waals surface area contributed by atoms with Crippen molar-refractivity contribution >= 4 is 10.0 Å². The van der Waals surface area contributed by atoms with E-state index in [1.165, 1.54) is 4.31 Å². The average Bonchev–Trinajstić information content (AvgIpc) is 2.75. The van der Waals surface area contributed by atoms with Crippen LogP contribution in [0.5, 0.6) is 0 Å². The molecule has 0 aliphatic rings. The summed E-state index contributed by atoms with van der Waals surface area (Å²) in [5, 5.41) is 10.1. The predicted molar refractivity (Wildman–Crippen MR) is 80.0 cm³/mol. The first-order valence-corrected chi connectivity index (χ1v) is 8.48. The van der Waals surface area contributed by atoms with E-state index < -0.39 is 10.0 Å². The molecule has 7 heteroatoms. The van der Waals surface area contributed by atoms with Crippen molar-refractivity contribution in [2.45, 2.75) is 58.0 Å². The monoisotopic (exact) mass is 302 g/mol. The smallest absolute Gasteiger partial charge is 0.246 e. The highest BCUT2D eigenvalue weighted by atomic mass is 32.2. The molecule has 0 atom stereocenters. The Morgan fingerprint density at radius 1 is 1.40 bits per heavy atom. The van der Waals surface area contributed by atoms with E-state index in [9.17, 15) is 8.42 Å². The molecule has 1 rings (SSSR count). The molecule has 0 aliphatic heterocycles. The summed E-state index contributed by atoms with van der Waals surface area (Å²) in [5.74, 6) is 0. The van der Waals surface area contributed by atoms with Gasteiger partial charge in [0.15, 0.2) is 0 Å². The summed E-state index contributed by atoms with van der Waals surface area (Å²) in [5.41, 5.74) is 1.15. The summed E-state index contributed by atoms with van der Waals surface area (Å²) in [6.45, 7) is 8.79. The largest absolute Gasteiger partial charge is 0.309 e. The van der Waals surface area contributed by atoms with Crippen LogP contribution in [0, 0.1) is 6.92 Å². The number of unbranched alkanes of at least 4 members (excludes halogenated alkanes) is 1. The highest BCUT2D eigenvalue weighted by Crippen LogP contribution is 2.21. The lowest BCUT2D eigenvalue weighted by Gasteiger charge is -2.17. The Hall–Kier alpha value is -0.920. The third kappa shape index (κ3) is 4.04. The number of rotatable bonds is 8. The van der Waals surface area contributed by atoms with Crippen LogP contribution < -0.4 is 5.32 Å². The Labute approximate surface area is 122 Å². The number of nitrogens with zero attached hydrogens (tertiary/aromatic N) is 2. The van der Waals surface area contributed by atoms with Crippen LogP contribution in [-0.4, -0.2) is 42.6 Å². The number of hydrogen-bond donors (Lipinski definition) is 2. The van der Waals surface area contributed by atoms with E-state index in [0.717, 1.165) is 12.8 Å². The van der Waals surface area contributed by atoms with E-state index >= 15 is 0 Å². The van der Waals surface area contributed by atoms with Gasteiger partial charge in [-0.3, -0.25) is 5.10 Å². The van der Waals surface area contributed by atoms with Crippen molar-refractivity contribution in [3.05, 3.63) is 11.4 Å². The molecule has 1 heterocycles. The number of hydrogen-bond acceptors (Lipinski definition) is 4. The fourth-order valence-corrected chi connectivity index (χ4v) is 3.42. The first-order valence-electron chi connectivity index (χ1n) is 7.04. The topological polar surface area (TPSA) is 78.1 Å². The molecule has 0 fully saturated rings. The van der Waals surface area contributed by atoms with Gasteiger partial charge in [0.1, 0.15) is 4.90 Å². The summed E-state index contributed by atoms with van der Waals surface area (Å²) in [6.07, 6.45) is 1.82. The molecule has 0 radical (unpaired) electrons. The van der Waals surface area contributed by atoms with Crippen LogP contribution in [0.25, 0.3) is 0 Å². The maximum atomic E-state index is 12.6. The summed E-state index contributed by atoms with van der Waals surface area (Å²) in [6, 6.07) is 0.278. The number of aromatic nitrogens is 2. The molecule has 0 amide bonds. The van der Waals surface area contributed by atoms with Gasteiger partial charge in [-0.25, -0.2) is 12.7 Å². The van der Waals surface area contributed by atoms with Crippen LogP contribution >= 0.6 is 0 Å². The normalized spacial score (nSPS) is 12.6. The standard InChI is InChI=1S/C13H26N4O2S/c1-6-7-8-17(5)20(18,19)13-11(4)15-16-12(13)9-14-10(2)3/h10,14H,6-9H2,1-5H3,(H,15,16). The van der Waals surface area contributed by atoms with Crippen molar-refractivity contribution in [1.29, 1.82) is 0 Å². The molecule has 0 saturated carbocycles. The van der Waals surface area contributed by atoms with Gasteiger partial charge >= 0.3 is 0 Å². The molecule has 0 bridgehead atoms. The Morgan fingerprint density at radius 2 is 2.05 bits per heavy atom. The zero-order valence-electron chi connectivity index (χ0n) is 13.0. The van der Waals surface area contributed by atoms with Crippen molar-refractivity contribution in [3.8, 4) is 0 Å². The lowest BCUT2D eigenvalue weighted by molar-refractivity contribution is 0.457. The molecule has 6 nitrogen and oxygen atoms in total. The van der Waals surface area contributed by atoms with Crippen LogP contribution in [0.2, 0.25) is 0 Å². The third-order valence-electron chi connectivity index (χ3n) is 3.13. The molecule has 0 aromatic carbocycles. The van der Waals surface area contributed by atoms with Gasteiger partial charge in [0.05, 0.1) is 11.4 Å². The van der Waals surface area contributed by atoms with Crippen molar-refractivity contribution in [2.75, 3.05) is 13.6 Å². The van der Waals surface area contributed by atoms with E-state index in [0.29, 0.717) is 29.4 Å². The summed E-state index contributed by atoms with van der Waals surface area (Å²) < 4.78 is 26.7. The molecule has 1 aromatic rings. The zero-order chi connectivity index (χ0) is 15.3. The van der Waals surface area contributed by atoms with Crippen molar-refractivity contribution < 1.29 is 8.42 Å². The maximum absolute atomic E-state index is 12.6. The second-order valence-corrected chi connectivity index (χ2v) is 7.32. The van der Waals surface area contributed by atoms with E-state index in [2.05, 4.69) is 15.5 Å². The summed E-state index contributed by atoms with van der Waals surface area (Å²) in [4.78, 5) is 0.309. The Morgan fingerprint density at radius 3 is 2.60 bits per heavy atom. The molecule has 0 saturated heterocycles. The van der Waals surface area contributed by atoms with Gasteiger partial charge in [-0.05, 0) is 13.3 Å². The van der Waals surface area contributed by atoms with E-state index in [1.54, 1.807) is 14.0 Å². The Kier molecular flexibility index (Phi) is 6.16. The van der Waals surface area contributed by atoms with Gasteiger partial charge in [-0.2, -0.15) is 5.10 Å². The Balaban J connectivity index is 3.01. The molecular weight excluding hydrogens is 276 g/mol. The van der Waals surface area contributed by atoms with Crippen molar-refractivity contribution in [2.24, 2.45) is 0 Å². The minimum Gasteiger partial charge on any atom is -0.309 e. The number of aromatic amines is 1. The van der Waals surface area contributed by atoms with Gasteiger partial charge in [-0.15, -0.1) is 0 Å². The quantitative estimate of drug-likeness (QED) is 0.765. The first kappa shape index (κ1) is 17.1. The van der Waals surface area contributed by atoms with E-state index in [1.807, 2.05) is 20.8 Å². The molecule has 0 spiro atoms. The second-order valence-electron chi connectivity index (χ2n) is 5.34. The maximum Gasteiger partial charge on any atom is 0.246 e. The van der Waals surface area contributed by atoms with Crippen molar-refractivity contribution in [1.82, 2.24) is 19.8 Å². The predicted octanol–water partition coefficient (Wildman–Crippen LogP) is 1.64. The zero-order valence-corrected chi connectivity index (χ0v) is 13.8. The van der Waals surface area contributed by atoms with Gasteiger partial charge in [0, 0.05) is 26.2 Å². The Bertz CT molecular complexity index is 522. The SMILES string of the molecule is CCCCN(C)S(=O)(=O)c1c(CNC(C)C)n[nH]c1C. The number of H-pyrrole nitrogens is 1. The van der Waals surface area contributed by atoms with Gasteiger partial charge in [0.25, 0.3) is 0 Å². The fourth-order valence-electron chi connectivity index (χ4n) is 1.89. The molecule has 20 heavy (non-hydrogen) atoms. The lowest BCUT2D eigenvalue weighted by atomic mass is 10.3. The van der Waals surface area contributed by atoms with Crippen molar-refractivity contribution in [3.63, 3.8) is 0 Å². The highest BCUT2D eigenvalue weighted by molar-refractivity contribution is 7.89. The lowest BCUT2D eigenvalue weighted by Crippen LogP contribution is -2.30. The molecule has 0 unspecified atom stereocenters. The highest BCUT2D eigenvalue weighted by Gasteiger charge is 2.28. The molecule has 0 aliphatic carbocycles. The number of aryl methyl sites for hydroxylation is 1. The molecule has 1 aromatic heterocycles. The van der Waals surface area contributed by atoms with Crippen LogP contribution in [0.3, 0.4) is 0 Å². The molecule has 116 valence electrons. The molecular formula is C13H26N4O2S.